The summed E-state index contributed by atoms with van der Waals surface area (Å²) < 4.78 is 10.4. The topological polar surface area (TPSA) is 47.7 Å². The smallest absolute Gasteiger partial charge is 0.0700 e. The largest absolute Gasteiger partial charge is 0.382 e. The van der Waals surface area contributed by atoms with E-state index in [1.807, 2.05) is 0 Å². The number of nitrogens with two attached hydrogens (primary N) is 1. The predicted molar refractivity (Wildman–Crippen MR) is 70.1 cm³/mol. The second kappa shape index (κ2) is 8.86. The molecule has 4 nitrogen and oxygen atoms in total. The van der Waals surface area contributed by atoms with Crippen LogP contribution in [0, 0.1) is 5.92 Å². The second-order valence-electron chi connectivity index (χ2n) is 4.93. The van der Waals surface area contributed by atoms with Gasteiger partial charge < -0.3 is 20.1 Å². The van der Waals surface area contributed by atoms with Crippen LogP contribution in [0.3, 0.4) is 0 Å². The number of rotatable bonds is 9. The van der Waals surface area contributed by atoms with Gasteiger partial charge in [0.1, 0.15) is 0 Å². The third-order valence-corrected chi connectivity index (χ3v) is 3.72. The minimum absolute atomic E-state index is 0.688. The van der Waals surface area contributed by atoms with Crippen LogP contribution < -0.4 is 5.73 Å². The van der Waals surface area contributed by atoms with Crippen molar-refractivity contribution in [1.82, 2.24) is 4.90 Å². The summed E-state index contributed by atoms with van der Waals surface area (Å²) in [6.07, 6.45) is 5.04. The molecule has 102 valence electrons. The molecular weight excluding hydrogens is 216 g/mol. The molecule has 0 heterocycles. The van der Waals surface area contributed by atoms with Crippen LogP contribution in [-0.2, 0) is 9.47 Å². The fraction of sp³-hybridized carbons (Fsp3) is 1.00. The maximum absolute atomic E-state index is 5.81. The molecule has 17 heavy (non-hydrogen) atoms. The highest BCUT2D eigenvalue weighted by atomic mass is 16.5. The minimum Gasteiger partial charge on any atom is -0.382 e. The van der Waals surface area contributed by atoms with Crippen molar-refractivity contribution in [3.63, 3.8) is 0 Å². The fourth-order valence-corrected chi connectivity index (χ4v) is 2.70. The summed E-state index contributed by atoms with van der Waals surface area (Å²) in [5.41, 5.74) is 5.81. The Bertz CT molecular complexity index is 190. The molecule has 1 saturated carbocycles. The van der Waals surface area contributed by atoms with Crippen LogP contribution in [-0.4, -0.2) is 58.0 Å². The van der Waals surface area contributed by atoms with Gasteiger partial charge in [0.05, 0.1) is 13.2 Å². The van der Waals surface area contributed by atoms with Gasteiger partial charge in [0.25, 0.3) is 0 Å². The van der Waals surface area contributed by atoms with Gasteiger partial charge in [0.15, 0.2) is 0 Å². The van der Waals surface area contributed by atoms with Crippen molar-refractivity contribution < 1.29 is 9.47 Å². The van der Waals surface area contributed by atoms with E-state index in [1.54, 1.807) is 7.11 Å². The Morgan fingerprint density at radius 2 is 2.06 bits per heavy atom. The minimum atomic E-state index is 0.688. The van der Waals surface area contributed by atoms with Crippen LogP contribution in [0.25, 0.3) is 0 Å². The van der Waals surface area contributed by atoms with Gasteiger partial charge >= 0.3 is 0 Å². The van der Waals surface area contributed by atoms with Gasteiger partial charge in [-0.2, -0.15) is 0 Å². The normalized spacial score (nSPS) is 24.7. The molecular formula is C13H28N2O2. The zero-order valence-corrected chi connectivity index (χ0v) is 11.4. The van der Waals surface area contributed by atoms with Crippen molar-refractivity contribution >= 4 is 0 Å². The van der Waals surface area contributed by atoms with E-state index in [4.69, 9.17) is 15.2 Å². The van der Waals surface area contributed by atoms with Crippen molar-refractivity contribution in [2.24, 2.45) is 11.7 Å². The van der Waals surface area contributed by atoms with E-state index in [2.05, 4.69) is 11.9 Å². The Kier molecular flexibility index (Phi) is 7.77. The van der Waals surface area contributed by atoms with E-state index in [9.17, 15) is 0 Å². The quantitative estimate of drug-likeness (QED) is 0.617. The first kappa shape index (κ1) is 14.9. The van der Waals surface area contributed by atoms with Crippen LogP contribution in [0.5, 0.6) is 0 Å². The maximum atomic E-state index is 5.81. The third-order valence-electron chi connectivity index (χ3n) is 3.72. The van der Waals surface area contributed by atoms with Gasteiger partial charge in [-0.05, 0) is 38.8 Å². The molecule has 2 N–H and O–H groups in total. The molecule has 0 radical (unpaired) electrons. The van der Waals surface area contributed by atoms with Crippen molar-refractivity contribution in [2.45, 2.75) is 31.7 Å². The molecule has 0 aliphatic heterocycles. The van der Waals surface area contributed by atoms with Gasteiger partial charge in [-0.25, -0.2) is 0 Å². The summed E-state index contributed by atoms with van der Waals surface area (Å²) in [6, 6.07) is 0.693. The lowest BCUT2D eigenvalue weighted by Gasteiger charge is -2.29. The molecule has 0 aromatic rings. The molecule has 4 heteroatoms. The SMILES string of the molecule is COCCOCCCN(C)C1CCCC1CN. The lowest BCUT2D eigenvalue weighted by molar-refractivity contribution is 0.0634. The third kappa shape index (κ3) is 5.34. The molecule has 1 aliphatic rings. The van der Waals surface area contributed by atoms with Crippen molar-refractivity contribution in [3.05, 3.63) is 0 Å². The predicted octanol–water partition coefficient (Wildman–Crippen LogP) is 1.10. The summed E-state index contributed by atoms with van der Waals surface area (Å²) in [5, 5.41) is 0. The molecule has 2 atom stereocenters. The first-order valence-corrected chi connectivity index (χ1v) is 6.76. The first-order valence-electron chi connectivity index (χ1n) is 6.76. The summed E-state index contributed by atoms with van der Waals surface area (Å²) in [6.45, 7) is 4.16. The van der Waals surface area contributed by atoms with Crippen LogP contribution >= 0.6 is 0 Å². The molecule has 0 aromatic heterocycles. The Hall–Kier alpha value is -0.160. The standard InChI is InChI=1S/C13H28N2O2/c1-15(7-4-8-17-10-9-16-2)13-6-3-5-12(13)11-14/h12-13H,3-11,14H2,1-2H3. The molecule has 1 aliphatic carbocycles. The first-order chi connectivity index (χ1) is 8.29. The number of hydrogen-bond acceptors (Lipinski definition) is 4. The summed E-state index contributed by atoms with van der Waals surface area (Å²) in [4.78, 5) is 2.46. The number of methoxy groups -OCH3 is 1. The van der Waals surface area contributed by atoms with Gasteiger partial charge in [0, 0.05) is 26.3 Å². The monoisotopic (exact) mass is 244 g/mol. The van der Waals surface area contributed by atoms with Gasteiger partial charge in [-0.1, -0.05) is 6.42 Å². The van der Waals surface area contributed by atoms with Crippen molar-refractivity contribution in [1.29, 1.82) is 0 Å². The number of nitrogens with zero attached hydrogens (tertiary/aromatic N) is 1. The highest BCUT2D eigenvalue weighted by Crippen LogP contribution is 2.28. The maximum Gasteiger partial charge on any atom is 0.0700 e. The Balaban J connectivity index is 2.06. The molecule has 2 unspecified atom stereocenters. The molecule has 0 spiro atoms. The summed E-state index contributed by atoms with van der Waals surface area (Å²) in [5.74, 6) is 0.703. The fourth-order valence-electron chi connectivity index (χ4n) is 2.70. The molecule has 0 bridgehead atoms. The lowest BCUT2D eigenvalue weighted by atomic mass is 10.0. The Labute approximate surface area is 105 Å². The zero-order chi connectivity index (χ0) is 12.5. The average molecular weight is 244 g/mol. The average Bonchev–Trinajstić information content (AvgIpc) is 2.81. The van der Waals surface area contributed by atoms with E-state index in [-0.39, 0.29) is 0 Å². The molecule has 0 amide bonds. The van der Waals surface area contributed by atoms with E-state index in [1.165, 1.54) is 19.3 Å². The van der Waals surface area contributed by atoms with Gasteiger partial charge in [-0.15, -0.1) is 0 Å². The highest BCUT2D eigenvalue weighted by Gasteiger charge is 2.28. The Morgan fingerprint density at radius 1 is 1.24 bits per heavy atom. The van der Waals surface area contributed by atoms with E-state index >= 15 is 0 Å². The molecule has 0 aromatic carbocycles. The second-order valence-corrected chi connectivity index (χ2v) is 4.93. The Morgan fingerprint density at radius 3 is 2.76 bits per heavy atom. The summed E-state index contributed by atoms with van der Waals surface area (Å²) in [7, 11) is 3.91. The van der Waals surface area contributed by atoms with Gasteiger partial charge in [-0.3, -0.25) is 0 Å². The van der Waals surface area contributed by atoms with Crippen molar-refractivity contribution in [3.8, 4) is 0 Å². The zero-order valence-electron chi connectivity index (χ0n) is 11.4. The van der Waals surface area contributed by atoms with Crippen LogP contribution in [0.1, 0.15) is 25.7 Å². The van der Waals surface area contributed by atoms with Crippen LogP contribution in [0.4, 0.5) is 0 Å². The van der Waals surface area contributed by atoms with E-state index in [0.717, 1.165) is 26.1 Å². The van der Waals surface area contributed by atoms with Crippen LogP contribution in [0.2, 0.25) is 0 Å². The van der Waals surface area contributed by atoms with E-state index < -0.39 is 0 Å². The number of hydrogen-bond donors (Lipinski definition) is 1. The molecule has 1 fully saturated rings. The highest BCUT2D eigenvalue weighted by molar-refractivity contribution is 4.84. The number of ether oxygens (including phenoxy) is 2. The lowest BCUT2D eigenvalue weighted by Crippen LogP contribution is -2.38. The van der Waals surface area contributed by atoms with Crippen LogP contribution in [0.15, 0.2) is 0 Å². The van der Waals surface area contributed by atoms with Crippen molar-refractivity contribution in [2.75, 3.05) is 47.1 Å². The molecule has 0 saturated heterocycles. The van der Waals surface area contributed by atoms with E-state index in [0.29, 0.717) is 25.2 Å². The van der Waals surface area contributed by atoms with Gasteiger partial charge in [0.2, 0.25) is 0 Å². The summed E-state index contributed by atoms with van der Waals surface area (Å²) >= 11 is 0. The molecule has 1 rings (SSSR count).